The van der Waals surface area contributed by atoms with Crippen molar-refractivity contribution in [2.75, 3.05) is 6.54 Å². The van der Waals surface area contributed by atoms with Crippen LogP contribution < -0.4 is 5.32 Å². The van der Waals surface area contributed by atoms with Gasteiger partial charge in [0.1, 0.15) is 5.60 Å². The summed E-state index contributed by atoms with van der Waals surface area (Å²) in [5, 5.41) is 2.96. The molecule has 2 atom stereocenters. The highest BCUT2D eigenvalue weighted by Gasteiger charge is 2.55. The molecule has 3 saturated heterocycles. The van der Waals surface area contributed by atoms with Crippen LogP contribution in [0, 0.1) is 5.41 Å². The molecule has 20 heavy (non-hydrogen) atoms. The summed E-state index contributed by atoms with van der Waals surface area (Å²) in [5.74, 6) is 0.193. The van der Waals surface area contributed by atoms with E-state index in [1.807, 2.05) is 25.7 Å². The second-order valence-electron chi connectivity index (χ2n) is 7.47. The number of nitrogens with zero attached hydrogens (tertiary/aromatic N) is 1. The fourth-order valence-electron chi connectivity index (χ4n) is 4.07. The van der Waals surface area contributed by atoms with Crippen molar-refractivity contribution in [3.8, 4) is 0 Å². The summed E-state index contributed by atoms with van der Waals surface area (Å²) < 4.78 is 5.52. The number of piperidine rings is 1. The highest BCUT2D eigenvalue weighted by molar-refractivity contribution is 5.85. The number of carbonyl (C=O) groups excluding carboxylic acids is 2. The van der Waals surface area contributed by atoms with Crippen LogP contribution in [0.5, 0.6) is 0 Å². The maximum absolute atomic E-state index is 12.4. The molecular formula is C15H24N2O3. The molecular weight excluding hydrogens is 256 g/mol. The summed E-state index contributed by atoms with van der Waals surface area (Å²) >= 11 is 0. The topological polar surface area (TPSA) is 58.6 Å². The normalized spacial score (nSPS) is 36.4. The second kappa shape index (κ2) is 4.37. The molecule has 1 spiro atoms. The molecule has 0 aliphatic carbocycles. The number of fused-ring (bicyclic) bond motifs is 2. The third-order valence-electron chi connectivity index (χ3n) is 4.85. The molecule has 2 amide bonds. The Bertz CT molecular complexity index is 427. The predicted octanol–water partition coefficient (Wildman–Crippen LogP) is 2.05. The molecule has 1 N–H and O–H groups in total. The van der Waals surface area contributed by atoms with Crippen LogP contribution in [0.25, 0.3) is 0 Å². The number of nitrogens with one attached hydrogen (secondary N) is 1. The van der Waals surface area contributed by atoms with Gasteiger partial charge in [0, 0.05) is 18.6 Å². The van der Waals surface area contributed by atoms with E-state index in [1.165, 1.54) is 0 Å². The first-order valence-electron chi connectivity index (χ1n) is 7.60. The van der Waals surface area contributed by atoms with Crippen LogP contribution in [-0.2, 0) is 9.53 Å². The van der Waals surface area contributed by atoms with Crippen molar-refractivity contribution in [2.24, 2.45) is 5.41 Å². The average Bonchev–Trinajstić information content (AvgIpc) is 2.78. The molecule has 0 aromatic heterocycles. The molecule has 3 aliphatic rings. The lowest BCUT2D eigenvalue weighted by Crippen LogP contribution is -2.53. The van der Waals surface area contributed by atoms with Crippen molar-refractivity contribution >= 4 is 12.0 Å². The largest absolute Gasteiger partial charge is 0.444 e. The smallest absolute Gasteiger partial charge is 0.410 e. The minimum Gasteiger partial charge on any atom is -0.444 e. The van der Waals surface area contributed by atoms with Crippen LogP contribution in [0.15, 0.2) is 0 Å². The number of amides is 2. The van der Waals surface area contributed by atoms with Gasteiger partial charge in [-0.3, -0.25) is 4.79 Å². The van der Waals surface area contributed by atoms with E-state index in [1.54, 1.807) is 0 Å². The molecule has 112 valence electrons. The summed E-state index contributed by atoms with van der Waals surface area (Å²) in [6.45, 7) is 6.46. The molecule has 3 fully saturated rings. The molecule has 0 aromatic carbocycles. The van der Waals surface area contributed by atoms with Gasteiger partial charge in [-0.1, -0.05) is 0 Å². The van der Waals surface area contributed by atoms with Crippen molar-refractivity contribution in [1.29, 1.82) is 0 Å². The molecule has 3 aliphatic heterocycles. The number of hydrogen-bond acceptors (Lipinski definition) is 3. The Morgan fingerprint density at radius 1 is 1.30 bits per heavy atom. The van der Waals surface area contributed by atoms with E-state index >= 15 is 0 Å². The monoisotopic (exact) mass is 280 g/mol. The van der Waals surface area contributed by atoms with E-state index in [2.05, 4.69) is 5.32 Å². The lowest BCUT2D eigenvalue weighted by molar-refractivity contribution is -0.131. The van der Waals surface area contributed by atoms with Crippen LogP contribution >= 0.6 is 0 Å². The Balaban J connectivity index is 1.75. The maximum atomic E-state index is 12.4. The molecule has 2 unspecified atom stereocenters. The van der Waals surface area contributed by atoms with Gasteiger partial charge in [-0.2, -0.15) is 0 Å². The summed E-state index contributed by atoms with van der Waals surface area (Å²) in [6.07, 6.45) is 4.31. The van der Waals surface area contributed by atoms with Gasteiger partial charge < -0.3 is 15.0 Å². The molecule has 2 bridgehead atoms. The van der Waals surface area contributed by atoms with Crippen LogP contribution in [0.2, 0.25) is 0 Å². The van der Waals surface area contributed by atoms with E-state index in [4.69, 9.17) is 4.74 Å². The first-order valence-corrected chi connectivity index (χ1v) is 7.60. The molecule has 0 aromatic rings. The van der Waals surface area contributed by atoms with Crippen LogP contribution in [0.4, 0.5) is 4.79 Å². The summed E-state index contributed by atoms with van der Waals surface area (Å²) in [6, 6.07) is 0.347. The zero-order valence-electron chi connectivity index (χ0n) is 12.6. The highest BCUT2D eigenvalue weighted by Crippen LogP contribution is 2.49. The van der Waals surface area contributed by atoms with Crippen molar-refractivity contribution in [2.45, 2.75) is 70.6 Å². The summed E-state index contributed by atoms with van der Waals surface area (Å²) in [4.78, 5) is 26.4. The zero-order valence-corrected chi connectivity index (χ0v) is 12.6. The van der Waals surface area contributed by atoms with Gasteiger partial charge in [0.05, 0.1) is 5.41 Å². The highest BCUT2D eigenvalue weighted by atomic mass is 16.6. The van der Waals surface area contributed by atoms with Gasteiger partial charge in [-0.15, -0.1) is 0 Å². The number of hydrogen-bond donors (Lipinski definition) is 1. The van der Waals surface area contributed by atoms with Crippen molar-refractivity contribution < 1.29 is 14.3 Å². The molecule has 3 heterocycles. The fraction of sp³-hybridized carbons (Fsp3) is 0.867. The number of ether oxygens (including phenoxy) is 1. The lowest BCUT2D eigenvalue weighted by atomic mass is 9.74. The standard InChI is InChI=1S/C15H24N2O3/c1-14(2,3)20-13(19)17-10-4-5-11(17)9-15(8-10)6-7-16-12(15)18/h10-11H,4-9H2,1-3H3,(H,16,18). The second-order valence-corrected chi connectivity index (χ2v) is 7.47. The van der Waals surface area contributed by atoms with Crippen LogP contribution in [-0.4, -0.2) is 41.1 Å². The van der Waals surface area contributed by atoms with Crippen molar-refractivity contribution in [1.82, 2.24) is 10.2 Å². The SMILES string of the molecule is CC(C)(C)OC(=O)N1C2CCC1CC1(CCNC1=O)C2. The Morgan fingerprint density at radius 3 is 2.35 bits per heavy atom. The lowest BCUT2D eigenvalue weighted by Gasteiger charge is -2.43. The minimum absolute atomic E-state index is 0.174. The summed E-state index contributed by atoms with van der Waals surface area (Å²) in [7, 11) is 0. The predicted molar refractivity (Wildman–Crippen MR) is 74.2 cm³/mol. The molecule has 5 heteroatoms. The van der Waals surface area contributed by atoms with E-state index in [0.717, 1.165) is 38.6 Å². The van der Waals surface area contributed by atoms with Gasteiger partial charge >= 0.3 is 6.09 Å². The molecule has 0 radical (unpaired) electrons. The van der Waals surface area contributed by atoms with Crippen LogP contribution in [0.1, 0.15) is 52.9 Å². The molecule has 0 saturated carbocycles. The van der Waals surface area contributed by atoms with Gasteiger partial charge in [-0.25, -0.2) is 4.79 Å². The first-order chi connectivity index (χ1) is 9.31. The first kappa shape index (κ1) is 13.7. The number of carbonyl (C=O) groups is 2. The molecule has 3 rings (SSSR count). The number of rotatable bonds is 0. The van der Waals surface area contributed by atoms with Gasteiger partial charge in [-0.05, 0) is 52.9 Å². The van der Waals surface area contributed by atoms with E-state index in [-0.39, 0.29) is 29.5 Å². The van der Waals surface area contributed by atoms with Gasteiger partial charge in [0.25, 0.3) is 0 Å². The van der Waals surface area contributed by atoms with E-state index in [9.17, 15) is 9.59 Å². The Morgan fingerprint density at radius 2 is 1.90 bits per heavy atom. The Kier molecular flexibility index (Phi) is 2.99. The summed E-state index contributed by atoms with van der Waals surface area (Å²) in [5.41, 5.74) is -0.680. The Labute approximate surface area is 120 Å². The van der Waals surface area contributed by atoms with Crippen molar-refractivity contribution in [3.63, 3.8) is 0 Å². The third kappa shape index (κ3) is 2.17. The van der Waals surface area contributed by atoms with Crippen molar-refractivity contribution in [3.05, 3.63) is 0 Å². The van der Waals surface area contributed by atoms with E-state index in [0.29, 0.717) is 0 Å². The molecule has 5 nitrogen and oxygen atoms in total. The Hall–Kier alpha value is -1.26. The van der Waals surface area contributed by atoms with E-state index < -0.39 is 5.60 Å². The zero-order chi connectivity index (χ0) is 14.5. The maximum Gasteiger partial charge on any atom is 0.410 e. The quantitative estimate of drug-likeness (QED) is 0.739. The fourth-order valence-corrected chi connectivity index (χ4v) is 4.07. The van der Waals surface area contributed by atoms with Gasteiger partial charge in [0.15, 0.2) is 0 Å². The third-order valence-corrected chi connectivity index (χ3v) is 4.85. The van der Waals surface area contributed by atoms with Crippen LogP contribution in [0.3, 0.4) is 0 Å². The van der Waals surface area contributed by atoms with Gasteiger partial charge in [0.2, 0.25) is 5.91 Å². The average molecular weight is 280 g/mol. The minimum atomic E-state index is -0.462.